The zero-order chi connectivity index (χ0) is 12.8. The molecule has 1 nitrogen and oxygen atoms in total. The molecule has 1 heterocycles. The van der Waals surface area contributed by atoms with Crippen LogP contribution in [-0.2, 0) is 6.42 Å². The topological polar surface area (TPSA) is 11.3 Å². The van der Waals surface area contributed by atoms with Crippen molar-refractivity contribution in [2.75, 3.05) is 0 Å². The van der Waals surface area contributed by atoms with Gasteiger partial charge in [-0.15, -0.1) is 0 Å². The van der Waals surface area contributed by atoms with Gasteiger partial charge in [-0.2, -0.15) is 0 Å². The van der Waals surface area contributed by atoms with E-state index in [0.717, 1.165) is 12.0 Å². The molecule has 2 aromatic rings. The van der Waals surface area contributed by atoms with Gasteiger partial charge in [0.15, 0.2) is 0 Å². The lowest BCUT2D eigenvalue weighted by Gasteiger charge is -2.32. The third-order valence-corrected chi connectivity index (χ3v) is 4.10. The van der Waals surface area contributed by atoms with Gasteiger partial charge in [-0.1, -0.05) is 32.9 Å². The molecule has 1 unspecified atom stereocenters. The van der Waals surface area contributed by atoms with Crippen LogP contribution in [0.1, 0.15) is 50.9 Å². The second kappa shape index (κ2) is 4.08. The molecule has 0 saturated carbocycles. The van der Waals surface area contributed by atoms with Crippen LogP contribution < -0.4 is 0 Å². The van der Waals surface area contributed by atoms with Gasteiger partial charge in [0.25, 0.3) is 0 Å². The molecule has 94 valence electrons. The molecule has 0 N–H and O–H groups in total. The number of rotatable bonds is 0. The van der Waals surface area contributed by atoms with Crippen molar-refractivity contribution in [1.82, 2.24) is 0 Å². The van der Waals surface area contributed by atoms with Gasteiger partial charge in [-0.3, -0.25) is 0 Å². The second-order valence-electron chi connectivity index (χ2n) is 6.47. The lowest BCUT2D eigenvalue weighted by atomic mass is 9.71. The monoisotopic (exact) mass is 241 g/mol. The molecule has 1 aliphatic rings. The molecular weight excluding hydrogens is 220 g/mol. The first-order chi connectivity index (χ1) is 8.55. The molecule has 3 rings (SSSR count). The Kier molecular flexibility index (Phi) is 2.65. The van der Waals surface area contributed by atoms with Gasteiger partial charge in [0.05, 0.1) is 17.4 Å². The van der Waals surface area contributed by atoms with Crippen LogP contribution >= 0.6 is 0 Å². The molecule has 18 heavy (non-hydrogen) atoms. The van der Waals surface area contributed by atoms with E-state index in [1.165, 1.54) is 29.6 Å². The quantitative estimate of drug-likeness (QED) is 0.578. The first-order valence-corrected chi connectivity index (χ1v) is 6.90. The summed E-state index contributed by atoms with van der Waals surface area (Å²) >= 11 is 0. The maximum absolute atomic E-state index is 6.11. The zero-order valence-electron chi connectivity index (χ0n) is 11.5. The van der Waals surface area contributed by atoms with Crippen molar-refractivity contribution < 1.29 is 4.42 Å². The predicted octanol–water partition coefficient (Wildman–Crippen LogP) is 5.18. The molecule has 0 saturated heterocycles. The lowest BCUT2D eigenvalue weighted by Crippen LogP contribution is -2.22. The molecule has 1 aromatic heterocycles. The highest BCUT2D eigenvalue weighted by molar-refractivity contribution is 5.77. The number of aryl methyl sites for hydroxylation is 1. The van der Waals surface area contributed by atoms with Crippen LogP contribution in [0.2, 0.25) is 0 Å². The summed E-state index contributed by atoms with van der Waals surface area (Å²) in [5.41, 5.74) is 2.77. The van der Waals surface area contributed by atoms with Crippen LogP contribution in [0, 0.1) is 5.41 Å². The summed E-state index contributed by atoms with van der Waals surface area (Å²) in [5.74, 6) is 1.83. The number of para-hydroxylation sites is 1. The lowest BCUT2D eigenvalue weighted by molar-refractivity contribution is 0.277. The van der Waals surface area contributed by atoms with Gasteiger partial charge < -0.3 is 0 Å². The second-order valence-corrected chi connectivity index (χ2v) is 6.47. The highest BCUT2D eigenvalue weighted by Gasteiger charge is 2.36. The summed E-state index contributed by atoms with van der Waals surface area (Å²) in [6.07, 6.45) is 3.62. The van der Waals surface area contributed by atoms with Crippen LogP contribution in [0.3, 0.4) is 0 Å². The normalized spacial score (nSPS) is 19.8. The summed E-state index contributed by atoms with van der Waals surface area (Å²) in [7, 11) is 0. The Morgan fingerprint density at radius 3 is 2.72 bits per heavy atom. The summed E-state index contributed by atoms with van der Waals surface area (Å²) < 4.78 is 6.11. The first-order valence-electron chi connectivity index (χ1n) is 6.90. The Morgan fingerprint density at radius 1 is 1.17 bits per heavy atom. The molecule has 0 fully saturated rings. The van der Waals surface area contributed by atoms with Crippen molar-refractivity contribution in [2.45, 2.75) is 46.0 Å². The predicted molar refractivity (Wildman–Crippen MR) is 75.8 cm³/mol. The molecule has 1 atom stereocenters. The first kappa shape index (κ1) is 11.7. The molecule has 1 aliphatic carbocycles. The highest BCUT2D eigenvalue weighted by atomic mass is 16.3. The average molecular weight is 241 g/mol. The van der Waals surface area contributed by atoms with Gasteiger partial charge in [0.1, 0.15) is 0 Å². The molecule has 0 bridgehead atoms. The Balaban J connectivity index is 2.19. The molecule has 0 spiro atoms. The van der Waals surface area contributed by atoms with Crippen molar-refractivity contribution in [1.29, 1.82) is 0 Å². The van der Waals surface area contributed by atoms with E-state index >= 15 is 0 Å². The van der Waals surface area contributed by atoms with E-state index in [4.69, 9.17) is 4.42 Å². The van der Waals surface area contributed by atoms with Gasteiger partial charge in [-0.25, -0.2) is 4.42 Å². The Labute approximate surface area is 109 Å². The minimum Gasteiger partial charge on any atom is -0.212 e. The van der Waals surface area contributed by atoms with Crippen molar-refractivity contribution in [3.63, 3.8) is 0 Å². The van der Waals surface area contributed by atoms with Crippen molar-refractivity contribution >= 4 is 11.0 Å². The third-order valence-electron chi connectivity index (χ3n) is 4.10. The van der Waals surface area contributed by atoms with E-state index in [1.54, 1.807) is 0 Å². The van der Waals surface area contributed by atoms with E-state index < -0.39 is 0 Å². The molecule has 0 aliphatic heterocycles. The van der Waals surface area contributed by atoms with E-state index in [-0.39, 0.29) is 0 Å². The van der Waals surface area contributed by atoms with Crippen LogP contribution in [0.25, 0.3) is 11.0 Å². The van der Waals surface area contributed by atoms with Gasteiger partial charge in [0.2, 0.25) is 0 Å². The Bertz CT molecular complexity index is 578. The van der Waals surface area contributed by atoms with Gasteiger partial charge in [-0.05, 0) is 36.3 Å². The molecule has 1 heteroatoms. The van der Waals surface area contributed by atoms with E-state index in [1.807, 2.05) is 6.07 Å². The Hall–Kier alpha value is -1.37. The Morgan fingerprint density at radius 2 is 1.94 bits per heavy atom. The summed E-state index contributed by atoms with van der Waals surface area (Å²) in [6, 6.07) is 10.7. The zero-order valence-corrected chi connectivity index (χ0v) is 11.5. The minimum atomic E-state index is 0.313. The summed E-state index contributed by atoms with van der Waals surface area (Å²) in [6.45, 7) is 7.01. The van der Waals surface area contributed by atoms with Gasteiger partial charge >= 0.3 is 11.3 Å². The fourth-order valence-corrected chi connectivity index (χ4v) is 3.14. The standard InChI is InChI=1S/C17H21O/c1-17(2,3)14-8-6-10-16-13(14)11-12-7-4-5-9-15(12)18-16/h4-5,7,9,11,14H,6,8,10H2,1-3H3/q+1. The van der Waals surface area contributed by atoms with Crippen LogP contribution in [0.5, 0.6) is 0 Å². The molecular formula is C17H21O+. The van der Waals surface area contributed by atoms with E-state index in [2.05, 4.69) is 45.0 Å². The molecule has 0 amide bonds. The van der Waals surface area contributed by atoms with Crippen molar-refractivity contribution in [3.05, 3.63) is 41.7 Å². The van der Waals surface area contributed by atoms with Crippen molar-refractivity contribution in [3.8, 4) is 0 Å². The fourth-order valence-electron chi connectivity index (χ4n) is 3.14. The maximum atomic E-state index is 6.11. The van der Waals surface area contributed by atoms with E-state index in [0.29, 0.717) is 11.3 Å². The molecule has 1 aromatic carbocycles. The maximum Gasteiger partial charge on any atom is 0.360 e. The average Bonchev–Trinajstić information content (AvgIpc) is 2.34. The number of hydrogen-bond acceptors (Lipinski definition) is 0. The minimum absolute atomic E-state index is 0.313. The van der Waals surface area contributed by atoms with Crippen LogP contribution in [0.15, 0.2) is 34.7 Å². The fraction of sp³-hybridized carbons (Fsp3) is 0.471. The van der Waals surface area contributed by atoms with Crippen LogP contribution in [-0.4, -0.2) is 0 Å². The summed E-state index contributed by atoms with van der Waals surface area (Å²) in [4.78, 5) is 0. The number of fused-ring (bicyclic) bond motifs is 2. The SMILES string of the molecule is CC(C)(C)C1CCCc2[o+]c3ccccc3cc21. The van der Waals surface area contributed by atoms with Crippen molar-refractivity contribution in [2.24, 2.45) is 5.41 Å². The number of hydrogen-bond donors (Lipinski definition) is 0. The number of benzene rings is 1. The largest absolute Gasteiger partial charge is 0.360 e. The molecule has 0 radical (unpaired) electrons. The third kappa shape index (κ3) is 1.92. The highest BCUT2D eigenvalue weighted by Crippen LogP contribution is 2.44. The summed E-state index contributed by atoms with van der Waals surface area (Å²) in [5, 5.41) is 1.23. The van der Waals surface area contributed by atoms with Crippen LogP contribution in [0.4, 0.5) is 0 Å². The van der Waals surface area contributed by atoms with Gasteiger partial charge in [0, 0.05) is 6.07 Å². The van der Waals surface area contributed by atoms with E-state index in [9.17, 15) is 0 Å². The smallest absolute Gasteiger partial charge is 0.212 e.